The highest BCUT2D eigenvalue weighted by atomic mass is 16.3. The second-order valence-electron chi connectivity index (χ2n) is 3.02. The van der Waals surface area contributed by atoms with Gasteiger partial charge in [-0.15, -0.1) is 0 Å². The summed E-state index contributed by atoms with van der Waals surface area (Å²) in [6.45, 7) is 1.13. The van der Waals surface area contributed by atoms with Gasteiger partial charge >= 0.3 is 0 Å². The van der Waals surface area contributed by atoms with Crippen LogP contribution in [0.25, 0.3) is 0 Å². The van der Waals surface area contributed by atoms with Crippen molar-refractivity contribution in [2.45, 2.75) is 25.3 Å². The van der Waals surface area contributed by atoms with E-state index in [0.717, 1.165) is 12.3 Å². The third kappa shape index (κ3) is 1.46. The molecule has 2 rings (SSSR count). The van der Waals surface area contributed by atoms with Crippen molar-refractivity contribution in [3.8, 4) is 0 Å². The van der Waals surface area contributed by atoms with Crippen LogP contribution in [-0.4, -0.2) is 6.54 Å². The molecule has 1 N–H and O–H groups in total. The van der Waals surface area contributed by atoms with Crippen LogP contribution in [0.1, 0.15) is 31.1 Å². The van der Waals surface area contributed by atoms with E-state index in [4.69, 9.17) is 4.42 Å². The van der Waals surface area contributed by atoms with Gasteiger partial charge in [0.1, 0.15) is 5.76 Å². The zero-order chi connectivity index (χ0) is 7.52. The summed E-state index contributed by atoms with van der Waals surface area (Å²) in [4.78, 5) is 0. The molecule has 0 saturated carbocycles. The second kappa shape index (κ2) is 3.09. The first-order valence-electron chi connectivity index (χ1n) is 4.23. The maximum absolute atomic E-state index is 5.31. The highest BCUT2D eigenvalue weighted by Gasteiger charge is 2.15. The third-order valence-corrected chi connectivity index (χ3v) is 2.20. The van der Waals surface area contributed by atoms with E-state index in [9.17, 15) is 0 Å². The molecule has 0 amide bonds. The SMILES string of the molecule is c1coc([C@H]2CCCCN2)c1. The third-order valence-electron chi connectivity index (χ3n) is 2.20. The molecule has 0 spiro atoms. The average molecular weight is 151 g/mol. The largest absolute Gasteiger partial charge is 0.468 e. The Morgan fingerprint density at radius 3 is 3.09 bits per heavy atom. The monoisotopic (exact) mass is 151 g/mol. The van der Waals surface area contributed by atoms with E-state index < -0.39 is 0 Å². The topological polar surface area (TPSA) is 25.2 Å². The first kappa shape index (κ1) is 6.92. The molecule has 60 valence electrons. The molecule has 2 heteroatoms. The van der Waals surface area contributed by atoms with Gasteiger partial charge in [-0.05, 0) is 31.5 Å². The molecule has 0 unspecified atom stereocenters. The van der Waals surface area contributed by atoms with Gasteiger partial charge in [-0.1, -0.05) is 6.42 Å². The van der Waals surface area contributed by atoms with Crippen LogP contribution in [0.2, 0.25) is 0 Å². The van der Waals surface area contributed by atoms with Gasteiger partial charge in [-0.3, -0.25) is 0 Å². The van der Waals surface area contributed by atoms with Crippen molar-refractivity contribution in [2.24, 2.45) is 0 Å². The number of nitrogens with one attached hydrogen (secondary N) is 1. The Balaban J connectivity index is 2.04. The molecule has 1 aromatic rings. The Kier molecular flexibility index (Phi) is 1.95. The molecule has 11 heavy (non-hydrogen) atoms. The van der Waals surface area contributed by atoms with Crippen LogP contribution in [0.5, 0.6) is 0 Å². The first-order valence-corrected chi connectivity index (χ1v) is 4.23. The lowest BCUT2D eigenvalue weighted by atomic mass is 10.0. The van der Waals surface area contributed by atoms with Gasteiger partial charge in [0.2, 0.25) is 0 Å². The maximum atomic E-state index is 5.31. The minimum Gasteiger partial charge on any atom is -0.468 e. The van der Waals surface area contributed by atoms with Gasteiger partial charge in [0.25, 0.3) is 0 Å². The minimum atomic E-state index is 0.471. The smallest absolute Gasteiger partial charge is 0.120 e. The van der Waals surface area contributed by atoms with Crippen molar-refractivity contribution in [1.82, 2.24) is 5.32 Å². The van der Waals surface area contributed by atoms with Crippen LogP contribution in [0.4, 0.5) is 0 Å². The van der Waals surface area contributed by atoms with E-state index >= 15 is 0 Å². The fourth-order valence-corrected chi connectivity index (χ4v) is 1.58. The molecule has 0 bridgehead atoms. The molecule has 2 nitrogen and oxygen atoms in total. The van der Waals surface area contributed by atoms with E-state index in [1.165, 1.54) is 19.3 Å². The zero-order valence-electron chi connectivity index (χ0n) is 6.55. The summed E-state index contributed by atoms with van der Waals surface area (Å²) in [5.41, 5.74) is 0. The Hall–Kier alpha value is -0.760. The highest BCUT2D eigenvalue weighted by Crippen LogP contribution is 2.22. The molecule has 0 radical (unpaired) electrons. The van der Waals surface area contributed by atoms with E-state index in [1.807, 2.05) is 12.1 Å². The number of furan rings is 1. The Bertz CT molecular complexity index is 199. The number of piperidine rings is 1. The number of rotatable bonds is 1. The van der Waals surface area contributed by atoms with Gasteiger partial charge in [0.15, 0.2) is 0 Å². The van der Waals surface area contributed by atoms with Crippen molar-refractivity contribution < 1.29 is 4.42 Å². The molecule has 1 atom stereocenters. The van der Waals surface area contributed by atoms with Crippen LogP contribution in [0, 0.1) is 0 Å². The fourth-order valence-electron chi connectivity index (χ4n) is 1.58. The quantitative estimate of drug-likeness (QED) is 0.664. The van der Waals surface area contributed by atoms with Crippen molar-refractivity contribution in [2.75, 3.05) is 6.54 Å². The lowest BCUT2D eigenvalue weighted by molar-refractivity contribution is 0.349. The summed E-state index contributed by atoms with van der Waals surface area (Å²) < 4.78 is 5.31. The summed E-state index contributed by atoms with van der Waals surface area (Å²) in [7, 11) is 0. The fraction of sp³-hybridized carbons (Fsp3) is 0.556. The lowest BCUT2D eigenvalue weighted by Gasteiger charge is -2.21. The van der Waals surface area contributed by atoms with Crippen LogP contribution >= 0.6 is 0 Å². The van der Waals surface area contributed by atoms with E-state index in [-0.39, 0.29) is 0 Å². The van der Waals surface area contributed by atoms with Gasteiger partial charge in [-0.2, -0.15) is 0 Å². The second-order valence-corrected chi connectivity index (χ2v) is 3.02. The van der Waals surface area contributed by atoms with Crippen LogP contribution in [-0.2, 0) is 0 Å². The van der Waals surface area contributed by atoms with Crippen LogP contribution < -0.4 is 5.32 Å². The van der Waals surface area contributed by atoms with Crippen LogP contribution in [0.15, 0.2) is 22.8 Å². The van der Waals surface area contributed by atoms with Gasteiger partial charge in [-0.25, -0.2) is 0 Å². The molecule has 0 aromatic carbocycles. The maximum Gasteiger partial charge on any atom is 0.120 e. The Morgan fingerprint density at radius 1 is 1.45 bits per heavy atom. The summed E-state index contributed by atoms with van der Waals surface area (Å²) >= 11 is 0. The molecule has 1 aliphatic rings. The summed E-state index contributed by atoms with van der Waals surface area (Å²) in [6, 6.07) is 4.47. The minimum absolute atomic E-state index is 0.471. The Labute approximate surface area is 66.6 Å². The normalized spacial score (nSPS) is 25.3. The molecule has 1 aromatic heterocycles. The number of hydrogen-bond donors (Lipinski definition) is 1. The zero-order valence-corrected chi connectivity index (χ0v) is 6.55. The van der Waals surface area contributed by atoms with Crippen molar-refractivity contribution in [1.29, 1.82) is 0 Å². The average Bonchev–Trinajstić information content (AvgIpc) is 2.58. The highest BCUT2D eigenvalue weighted by molar-refractivity contribution is 5.04. The summed E-state index contributed by atoms with van der Waals surface area (Å²) in [5.74, 6) is 1.09. The molecule has 1 saturated heterocycles. The first-order chi connectivity index (χ1) is 5.47. The van der Waals surface area contributed by atoms with E-state index in [2.05, 4.69) is 5.32 Å². The van der Waals surface area contributed by atoms with Crippen molar-refractivity contribution in [3.05, 3.63) is 24.2 Å². The molecular formula is C9H13NO. The lowest BCUT2D eigenvalue weighted by Crippen LogP contribution is -2.26. The van der Waals surface area contributed by atoms with Gasteiger partial charge in [0, 0.05) is 0 Å². The van der Waals surface area contributed by atoms with Gasteiger partial charge in [0.05, 0.1) is 12.3 Å². The number of hydrogen-bond acceptors (Lipinski definition) is 2. The summed E-state index contributed by atoms with van der Waals surface area (Å²) in [6.07, 6.45) is 5.58. The summed E-state index contributed by atoms with van der Waals surface area (Å²) in [5, 5.41) is 3.43. The predicted octanol–water partition coefficient (Wildman–Crippen LogP) is 2.09. The molecule has 1 fully saturated rings. The standard InChI is InChI=1S/C9H13NO/c1-2-6-10-8(4-1)9-5-3-7-11-9/h3,5,7-8,10H,1-2,4,6H2/t8-/m1/s1. The van der Waals surface area contributed by atoms with Crippen molar-refractivity contribution >= 4 is 0 Å². The molecular weight excluding hydrogens is 138 g/mol. The molecule has 0 aliphatic carbocycles. The van der Waals surface area contributed by atoms with Crippen LogP contribution in [0.3, 0.4) is 0 Å². The Morgan fingerprint density at radius 2 is 2.45 bits per heavy atom. The molecule has 2 heterocycles. The van der Waals surface area contributed by atoms with Gasteiger partial charge < -0.3 is 9.73 Å². The predicted molar refractivity (Wildman–Crippen MR) is 43.3 cm³/mol. The van der Waals surface area contributed by atoms with Crippen molar-refractivity contribution in [3.63, 3.8) is 0 Å². The van der Waals surface area contributed by atoms with E-state index in [0.29, 0.717) is 6.04 Å². The van der Waals surface area contributed by atoms with E-state index in [1.54, 1.807) is 6.26 Å². The molecule has 1 aliphatic heterocycles.